The summed E-state index contributed by atoms with van der Waals surface area (Å²) in [5.74, 6) is -6.62. The van der Waals surface area contributed by atoms with Crippen molar-refractivity contribution < 1.29 is 50.6 Å². The predicted octanol–water partition coefficient (Wildman–Crippen LogP) is 2.81. The number of carbonyl (C=O) groups excluding carboxylic acids is 4. The van der Waals surface area contributed by atoms with Crippen molar-refractivity contribution in [2.75, 3.05) is 36.5 Å². The molecular formula is C22H25F5N4O6. The van der Waals surface area contributed by atoms with Gasteiger partial charge in [-0.1, -0.05) is 12.1 Å². The molecule has 37 heavy (non-hydrogen) atoms. The minimum atomic E-state index is -5.89. The van der Waals surface area contributed by atoms with Crippen molar-refractivity contribution in [1.29, 1.82) is 0 Å². The Bertz CT molecular complexity index is 1050. The number of hydrogen-bond donors (Lipinski definition) is 2. The first kappa shape index (κ1) is 27.9. The van der Waals surface area contributed by atoms with E-state index in [0.717, 1.165) is 19.8 Å². The molecule has 15 heteroatoms. The van der Waals surface area contributed by atoms with Gasteiger partial charge in [0.05, 0.1) is 31.1 Å². The number of fused-ring (bicyclic) bond motifs is 1. The van der Waals surface area contributed by atoms with E-state index in [1.807, 2.05) is 0 Å². The Kier molecular flexibility index (Phi) is 8.12. The van der Waals surface area contributed by atoms with Crippen molar-refractivity contribution in [3.8, 4) is 0 Å². The molecule has 204 valence electrons. The number of amides is 4. The van der Waals surface area contributed by atoms with Gasteiger partial charge in [-0.15, -0.1) is 0 Å². The van der Waals surface area contributed by atoms with Gasteiger partial charge < -0.3 is 25.0 Å². The van der Waals surface area contributed by atoms with E-state index in [1.54, 1.807) is 24.3 Å². The smallest absolute Gasteiger partial charge is 0.449 e. The minimum absolute atomic E-state index is 0.200. The lowest BCUT2D eigenvalue weighted by Gasteiger charge is -2.25. The van der Waals surface area contributed by atoms with Crippen LogP contribution in [-0.2, 0) is 19.1 Å². The lowest BCUT2D eigenvalue weighted by molar-refractivity contribution is -0.278. The fourth-order valence-electron chi connectivity index (χ4n) is 3.35. The van der Waals surface area contributed by atoms with E-state index in [9.17, 15) is 41.1 Å². The average Bonchev–Trinajstić information content (AvgIpc) is 3.67. The average molecular weight is 536 g/mol. The number of rotatable bonds is 7. The first-order valence-electron chi connectivity index (χ1n) is 11.2. The van der Waals surface area contributed by atoms with Gasteiger partial charge in [0.15, 0.2) is 6.10 Å². The highest BCUT2D eigenvalue weighted by molar-refractivity contribution is 6.06. The highest BCUT2D eigenvalue weighted by Crippen LogP contribution is 2.35. The third kappa shape index (κ3) is 6.77. The van der Waals surface area contributed by atoms with Crippen LogP contribution in [0.3, 0.4) is 0 Å². The summed E-state index contributed by atoms with van der Waals surface area (Å²) in [6, 6.07) is 5.14. The van der Waals surface area contributed by atoms with Gasteiger partial charge in [-0.3, -0.25) is 14.5 Å². The Balaban J connectivity index is 1.67. The molecule has 0 radical (unpaired) electrons. The fraction of sp³-hybridized carbons (Fsp3) is 0.545. The number of alkyl halides is 5. The van der Waals surface area contributed by atoms with Crippen molar-refractivity contribution in [3.63, 3.8) is 0 Å². The van der Waals surface area contributed by atoms with Crippen LogP contribution < -0.4 is 20.4 Å². The lowest BCUT2D eigenvalue weighted by atomic mass is 10.2. The highest BCUT2D eigenvalue weighted by Gasteiger charge is 2.57. The molecule has 1 fully saturated rings. The number of para-hydroxylation sites is 2. The van der Waals surface area contributed by atoms with Crippen LogP contribution in [-0.4, -0.2) is 75.0 Å². The maximum atomic E-state index is 13.1. The second kappa shape index (κ2) is 10.8. The minimum Gasteiger partial charge on any atom is -0.449 e. The molecule has 0 aromatic heterocycles. The molecule has 0 unspecified atom stereocenters. The Morgan fingerprint density at radius 1 is 1.11 bits per heavy atom. The predicted molar refractivity (Wildman–Crippen MR) is 118 cm³/mol. The maximum Gasteiger partial charge on any atom is 0.455 e. The van der Waals surface area contributed by atoms with Crippen molar-refractivity contribution in [2.45, 2.75) is 44.0 Å². The third-order valence-corrected chi connectivity index (χ3v) is 5.73. The summed E-state index contributed by atoms with van der Waals surface area (Å²) < 4.78 is 72.6. The van der Waals surface area contributed by atoms with Gasteiger partial charge in [0.2, 0.25) is 0 Å². The Labute approximate surface area is 208 Å². The molecule has 3 rings (SSSR count). The van der Waals surface area contributed by atoms with Gasteiger partial charge in [0, 0.05) is 7.05 Å². The van der Waals surface area contributed by atoms with Crippen LogP contribution in [0.2, 0.25) is 0 Å². The van der Waals surface area contributed by atoms with Crippen molar-refractivity contribution in [2.24, 2.45) is 5.92 Å². The van der Waals surface area contributed by atoms with E-state index in [4.69, 9.17) is 4.74 Å². The summed E-state index contributed by atoms with van der Waals surface area (Å²) in [6.45, 7) is -1.21. The van der Waals surface area contributed by atoms with E-state index in [1.165, 1.54) is 22.2 Å². The molecule has 1 saturated carbocycles. The van der Waals surface area contributed by atoms with Gasteiger partial charge in [-0.05, 0) is 37.8 Å². The number of ether oxygens (including phenoxy) is 2. The molecule has 0 saturated heterocycles. The molecule has 1 aliphatic carbocycles. The molecule has 1 aromatic rings. The Morgan fingerprint density at radius 2 is 1.73 bits per heavy atom. The second-order valence-corrected chi connectivity index (χ2v) is 8.68. The second-order valence-electron chi connectivity index (χ2n) is 8.68. The maximum absolute atomic E-state index is 13.1. The zero-order chi connectivity index (χ0) is 27.5. The number of anilines is 2. The topological polar surface area (TPSA) is 117 Å². The van der Waals surface area contributed by atoms with Crippen LogP contribution >= 0.6 is 0 Å². The summed E-state index contributed by atoms with van der Waals surface area (Å²) in [5, 5.41) is 3.58. The van der Waals surface area contributed by atoms with Gasteiger partial charge in [0.25, 0.3) is 11.8 Å². The molecule has 0 bridgehead atoms. The van der Waals surface area contributed by atoms with Gasteiger partial charge in [-0.2, -0.15) is 22.0 Å². The van der Waals surface area contributed by atoms with Crippen molar-refractivity contribution in [3.05, 3.63) is 24.3 Å². The normalized spacial score (nSPS) is 18.9. The van der Waals surface area contributed by atoms with E-state index in [-0.39, 0.29) is 19.1 Å². The summed E-state index contributed by atoms with van der Waals surface area (Å²) in [5.41, 5.74) is 0.715. The number of nitrogens with zero attached hydrogens (tertiary/aromatic N) is 2. The number of hydrogen-bond acceptors (Lipinski definition) is 6. The zero-order valence-electron chi connectivity index (χ0n) is 19.8. The number of benzene rings is 1. The van der Waals surface area contributed by atoms with Crippen LogP contribution in [0.15, 0.2) is 24.3 Å². The molecule has 1 heterocycles. The quantitative estimate of drug-likeness (QED) is 0.518. The first-order chi connectivity index (χ1) is 17.2. The van der Waals surface area contributed by atoms with E-state index >= 15 is 0 Å². The van der Waals surface area contributed by atoms with Crippen LogP contribution in [0.4, 0.5) is 42.9 Å². The summed E-state index contributed by atoms with van der Waals surface area (Å²) in [4.78, 5) is 52.5. The van der Waals surface area contributed by atoms with Gasteiger partial charge in [0.1, 0.15) is 6.04 Å². The van der Waals surface area contributed by atoms with Crippen molar-refractivity contribution >= 4 is 35.4 Å². The van der Waals surface area contributed by atoms with Crippen LogP contribution in [0.25, 0.3) is 0 Å². The Morgan fingerprint density at radius 3 is 2.32 bits per heavy atom. The molecule has 4 amide bonds. The fourth-order valence-corrected chi connectivity index (χ4v) is 3.35. The number of carbonyl (C=O) groups is 4. The third-order valence-electron chi connectivity index (χ3n) is 5.73. The van der Waals surface area contributed by atoms with Crippen LogP contribution in [0, 0.1) is 5.92 Å². The number of nitrogens with one attached hydrogen (secondary N) is 2. The summed E-state index contributed by atoms with van der Waals surface area (Å²) >= 11 is 0. The van der Waals surface area contributed by atoms with Crippen LogP contribution in [0.5, 0.6) is 0 Å². The molecular weight excluding hydrogens is 511 g/mol. The number of halogens is 5. The largest absolute Gasteiger partial charge is 0.455 e. The molecule has 2 atom stereocenters. The molecule has 1 aromatic carbocycles. The van der Waals surface area contributed by atoms with Gasteiger partial charge in [-0.25, -0.2) is 9.59 Å². The highest BCUT2D eigenvalue weighted by atomic mass is 19.4. The van der Waals surface area contributed by atoms with E-state index in [2.05, 4.69) is 10.1 Å². The standard InChI is InChI=1S/C22H25F5N4O6/c1-12(37-19(34)28-11-21(23,24)22(25,26)27)17(32)29-14-9-31(20(35)36-10-13-7-8-13)16-6-4-3-5-15(16)30(2)18(14)33/h3-6,12-14H,7-11H2,1-2H3,(H,28,34)(H,29,32)/t12-,14-/m0/s1. The number of alkyl carbamates (subject to hydrolysis) is 1. The number of likely N-dealkylation sites (N-methyl/N-ethyl adjacent to an activating group) is 1. The van der Waals surface area contributed by atoms with Crippen LogP contribution in [0.1, 0.15) is 19.8 Å². The van der Waals surface area contributed by atoms with E-state index < -0.39 is 54.8 Å². The molecule has 10 nitrogen and oxygen atoms in total. The monoisotopic (exact) mass is 536 g/mol. The summed E-state index contributed by atoms with van der Waals surface area (Å²) in [7, 11) is 1.42. The lowest BCUT2D eigenvalue weighted by Crippen LogP contribution is -2.54. The molecule has 2 aliphatic rings. The molecule has 0 spiro atoms. The van der Waals surface area contributed by atoms with Gasteiger partial charge >= 0.3 is 24.3 Å². The Hall–Kier alpha value is -3.65. The van der Waals surface area contributed by atoms with Crippen molar-refractivity contribution in [1.82, 2.24) is 10.6 Å². The summed E-state index contributed by atoms with van der Waals surface area (Å²) in [6.07, 6.45) is -8.15. The molecule has 1 aliphatic heterocycles. The SMILES string of the molecule is C[C@H](OC(=O)NCC(F)(F)C(F)(F)F)C(=O)N[C@H]1CN(C(=O)OCC2CC2)c2ccccc2N(C)C1=O. The zero-order valence-corrected chi connectivity index (χ0v) is 19.8. The molecule has 2 N–H and O–H groups in total. The first-order valence-corrected chi connectivity index (χ1v) is 11.2. The van der Waals surface area contributed by atoms with E-state index in [0.29, 0.717) is 11.4 Å².